The molecule has 0 aliphatic carbocycles. The van der Waals surface area contributed by atoms with Crippen LogP contribution in [0.2, 0.25) is 0 Å². The Kier molecular flexibility index (Phi) is 53.0. The molecule has 0 spiro atoms. The fraction of sp³-hybridized carbons (Fsp3) is 0.500. The van der Waals surface area contributed by atoms with Crippen LogP contribution in [0.5, 0.6) is 0 Å². The number of carbonyl (C=O) groups excluding carboxylic acids is 4. The first-order valence-electron chi connectivity index (χ1n) is 46.2. The number of benzene rings is 4. The molecule has 4 aromatic carbocycles. The van der Waals surface area contributed by atoms with Crippen molar-refractivity contribution < 1.29 is 136 Å². The summed E-state index contributed by atoms with van der Waals surface area (Å²) in [6.45, 7) is 39.3. The Hall–Kier alpha value is -8.43. The van der Waals surface area contributed by atoms with Crippen molar-refractivity contribution in [3.05, 3.63) is 198 Å². The number of hydrogen-bond acceptors (Lipinski definition) is 31. The molecule has 10 N–H and O–H groups in total. The summed E-state index contributed by atoms with van der Waals surface area (Å²) in [5.74, 6) is 1.40. The summed E-state index contributed by atoms with van der Waals surface area (Å²) in [6.07, 6.45) is 14.6. The number of esters is 3. The standard InChI is InChI=1S/C24H32N4O3.C23H30N4O3.C16H26BN3O2.C13H16BrNO3.C10H16N2O.C8H8BrNO2.C5H8O2.CN.B.2Na.H2O/c1-17-21(24(29)30-3)14-19(15-22(17)26-20-6-12-31-13-7-20)18-4-5-23(25-16-18)28-10-8-27(2)9-11-28;1-16-20(23(28)29)13-18(14-21(16)25-19-5-11-30-12-6-19)17-3-4-22(24-15-17)27-9-7-26(2)8-10-27;1-15(2)16(3,4)22-17(21-15)13-6-7-14(18-12-13)20-10-8-19(5)9-11-20;1-17-13(16)9-6-10(14)8-12(7-9)15-11-2-4-18-5-3-11;1-3-4-8-5-7(2)12-10(13)9(8)6-11;1-12-8(11)5-2-6(9)4-7(10)3-5;6-5-1-3-7-4-2-5;1-2;;;;/h4-5,14-16,20,26H,6-13H2,1-3H3;3-4,13-15,19,25H,5-12H2,1-2H3,(H,28,29);6-7,12H,8-11H2,1-5H3;6-8,11,15H,2-5H2,1H3;5H,3-4,6,11H2,1-2H3,(H,12,13);2-4H,10H2,1H3;1-4H2;;;;;1H2/q;;;;;;;-1;;2*+1;/p-1. The fourth-order valence-corrected chi connectivity index (χ4v) is 17.0. The number of likely N-dealkylation sites (N-methyl/N-ethyl adjacent to an activating group) is 3. The first-order chi connectivity index (χ1) is 64.7. The molecule has 8 saturated heterocycles. The minimum absolute atomic E-state index is 0. The van der Waals surface area contributed by atoms with Crippen molar-refractivity contribution in [2.45, 2.75) is 155 Å². The molecular weight excluding hydrogens is 1920 g/mol. The van der Waals surface area contributed by atoms with E-state index in [0.717, 1.165) is 269 Å². The van der Waals surface area contributed by atoms with E-state index in [1.165, 1.54) is 21.3 Å². The van der Waals surface area contributed by atoms with Gasteiger partial charge in [-0.2, -0.15) is 0 Å². The number of carboxylic acids is 1. The number of aromatic carboxylic acids is 1. The van der Waals surface area contributed by atoms with Crippen molar-refractivity contribution in [1.29, 1.82) is 5.26 Å². The van der Waals surface area contributed by atoms with E-state index in [4.69, 9.17) is 66.0 Å². The third kappa shape index (κ3) is 37.4. The number of aryl methyl sites for hydroxylation is 2. The number of carboxylic acid groups (broad SMARTS) is 1. The molecule has 8 fully saturated rings. The second kappa shape index (κ2) is 60.9. The molecule has 12 heterocycles. The molecular formula is C100H137B2Br2N16Na2O17. The number of aromatic nitrogens is 4. The van der Waals surface area contributed by atoms with Crippen LogP contribution in [0, 0.1) is 32.6 Å². The van der Waals surface area contributed by atoms with Crippen molar-refractivity contribution in [1.82, 2.24) is 34.6 Å². The van der Waals surface area contributed by atoms with Gasteiger partial charge in [0.25, 0.3) is 5.56 Å². The van der Waals surface area contributed by atoms with Crippen molar-refractivity contribution in [2.24, 2.45) is 5.73 Å². The predicted octanol–water partition coefficient (Wildman–Crippen LogP) is 7.07. The number of carbonyl (C=O) groups is 5. The number of ketones is 1. The summed E-state index contributed by atoms with van der Waals surface area (Å²) in [7, 11) is 10.2. The van der Waals surface area contributed by atoms with Gasteiger partial charge in [0.1, 0.15) is 23.2 Å². The zero-order valence-electron chi connectivity index (χ0n) is 83.8. The van der Waals surface area contributed by atoms with Gasteiger partial charge in [0.2, 0.25) is 0 Å². The van der Waals surface area contributed by atoms with Crippen molar-refractivity contribution in [3.63, 3.8) is 0 Å². The second-order valence-electron chi connectivity index (χ2n) is 35.4. The zero-order chi connectivity index (χ0) is 97.9. The number of nitrogen functional groups attached to an aromatic ring is 1. The van der Waals surface area contributed by atoms with E-state index in [-0.39, 0.29) is 115 Å². The summed E-state index contributed by atoms with van der Waals surface area (Å²) in [6, 6.07) is 33.7. The number of aromatic amines is 1. The van der Waals surface area contributed by atoms with Gasteiger partial charge in [0, 0.05) is 242 Å². The van der Waals surface area contributed by atoms with Crippen LogP contribution in [0.4, 0.5) is 40.2 Å². The number of methoxy groups -OCH3 is 3. The van der Waals surface area contributed by atoms with Gasteiger partial charge in [-0.15, -0.1) is 0 Å². The van der Waals surface area contributed by atoms with Crippen LogP contribution in [0.15, 0.2) is 135 Å². The Labute approximate surface area is 882 Å². The Morgan fingerprint density at radius 2 is 0.921 bits per heavy atom. The molecule has 33 nitrogen and oxygen atoms in total. The van der Waals surface area contributed by atoms with E-state index in [2.05, 4.69) is 183 Å². The summed E-state index contributed by atoms with van der Waals surface area (Å²) in [4.78, 5) is 99.4. The van der Waals surface area contributed by atoms with Gasteiger partial charge in [0.05, 0.1) is 68.0 Å². The first kappa shape index (κ1) is 121. The summed E-state index contributed by atoms with van der Waals surface area (Å²) >= 11 is 6.63. The van der Waals surface area contributed by atoms with Gasteiger partial charge in [-0.1, -0.05) is 51.3 Å². The molecule has 139 heavy (non-hydrogen) atoms. The quantitative estimate of drug-likeness (QED) is 0.0140. The van der Waals surface area contributed by atoms with Gasteiger partial charge < -0.3 is 127 Å². The van der Waals surface area contributed by atoms with Crippen molar-refractivity contribution >= 4 is 123 Å². The smallest absolute Gasteiger partial charge is 0.870 e. The molecule has 8 aliphatic rings. The third-order valence-electron chi connectivity index (χ3n) is 24.9. The molecule has 0 atom stereocenters. The van der Waals surface area contributed by atoms with Crippen LogP contribution in [0.1, 0.15) is 162 Å². The summed E-state index contributed by atoms with van der Waals surface area (Å²) < 4.78 is 49.2. The molecule has 39 heteroatoms. The molecule has 8 aromatic rings. The third-order valence-corrected chi connectivity index (χ3v) is 25.9. The molecule has 0 bridgehead atoms. The van der Waals surface area contributed by atoms with Crippen molar-refractivity contribution in [2.75, 3.05) is 210 Å². The number of halogens is 2. The molecule has 16 rings (SSSR count). The molecule has 741 valence electrons. The zero-order valence-corrected chi connectivity index (χ0v) is 90.9. The second-order valence-corrected chi connectivity index (χ2v) is 37.2. The Morgan fingerprint density at radius 1 is 0.532 bits per heavy atom. The Morgan fingerprint density at radius 3 is 1.29 bits per heavy atom. The van der Waals surface area contributed by atoms with Gasteiger partial charge in [0.15, 0.2) is 0 Å². The van der Waals surface area contributed by atoms with E-state index in [1.54, 1.807) is 30.3 Å². The van der Waals surface area contributed by atoms with E-state index in [9.17, 15) is 33.9 Å². The number of nitrogens with zero attached hydrogens (tertiary/aromatic N) is 10. The molecule has 0 saturated carbocycles. The number of anilines is 7. The Balaban J connectivity index is 0.000000295. The van der Waals surface area contributed by atoms with E-state index >= 15 is 0 Å². The minimum Gasteiger partial charge on any atom is -0.870 e. The maximum atomic E-state index is 12.5. The molecule has 4 aromatic heterocycles. The SMILES string of the molecule is CCCc1cc(C)[nH]c(=O)c1CN.CN1CCN(c2ccc(B3OC(C)(C)C(C)(C)O3)cn2)CC1.COC(=O)c1cc(-c2ccc(N3CCN(C)CC3)nc2)cc(NC2CCOCC2)c1C.COC(=O)c1cc(Br)cc(NC2CCOCC2)c1.COC(=O)c1cc(N)cc(Br)c1.Cc1c(NC2CCOCC2)cc(-c2ccc(N3CCN(C)CC3)nc2)cc1C(=O)O.O=C1CCOCC1.[B].[C-]#N.[Na+].[Na+].[OH-]. The summed E-state index contributed by atoms with van der Waals surface area (Å²) in [5.41, 5.74) is 24.7. The van der Waals surface area contributed by atoms with Crippen LogP contribution in [0.3, 0.4) is 0 Å². The van der Waals surface area contributed by atoms with Crippen LogP contribution in [-0.2, 0) is 60.2 Å². The first-order valence-corrected chi connectivity index (χ1v) is 47.8. The maximum Gasteiger partial charge on any atom is 1.00 e. The predicted molar refractivity (Wildman–Crippen MR) is 545 cm³/mol. The molecule has 0 amide bonds. The summed E-state index contributed by atoms with van der Waals surface area (Å²) in [5, 5.41) is 26.6. The van der Waals surface area contributed by atoms with Gasteiger partial charge >= 0.3 is 90.1 Å². The largest absolute Gasteiger partial charge is 1.00 e. The fourth-order valence-electron chi connectivity index (χ4n) is 16.0. The number of H-pyrrole nitrogens is 1. The minimum atomic E-state index is -0.911. The number of pyridine rings is 4. The van der Waals surface area contributed by atoms with Crippen LogP contribution in [0.25, 0.3) is 22.3 Å². The van der Waals surface area contributed by atoms with Gasteiger partial charge in [-0.3, -0.25) is 9.59 Å². The Bertz CT molecular complexity index is 5190. The number of ether oxygens (including phenoxy) is 7. The average molecular weight is 2060 g/mol. The van der Waals surface area contributed by atoms with E-state index in [0.29, 0.717) is 84.5 Å². The molecule has 8 aliphatic heterocycles. The van der Waals surface area contributed by atoms with Crippen molar-refractivity contribution in [3.8, 4) is 22.3 Å². The number of Topliss-reactive ketones (excluding diaryl/α,β-unsaturated/α-hetero) is 1. The van der Waals surface area contributed by atoms with Gasteiger partial charge in [-0.05, 0) is 239 Å². The topological polar surface area (TPSA) is 422 Å². The van der Waals surface area contributed by atoms with E-state index < -0.39 is 5.97 Å². The van der Waals surface area contributed by atoms with Gasteiger partial charge in [-0.25, -0.2) is 34.1 Å². The average Bonchev–Trinajstić information content (AvgIpc) is 1.62. The van der Waals surface area contributed by atoms with Crippen LogP contribution >= 0.6 is 31.9 Å². The monoisotopic (exact) mass is 2060 g/mol. The number of nitrogens with one attached hydrogen (secondary N) is 4. The van der Waals surface area contributed by atoms with Crippen LogP contribution in [-0.4, -0.2) is 294 Å². The maximum absolute atomic E-state index is 12.5. The molecule has 0 unspecified atom stereocenters. The van der Waals surface area contributed by atoms with Crippen LogP contribution < -0.4 is 112 Å². The normalized spacial score (nSPS) is 17.0. The number of piperazine rings is 3. The number of nitrogens with two attached hydrogens (primary N) is 2. The molecule has 3 radical (unpaired) electrons. The van der Waals surface area contributed by atoms with E-state index in [1.807, 2.05) is 81.8 Å². The number of hydrogen-bond donors (Lipinski definition) is 7. The number of rotatable bonds is 19.